The van der Waals surface area contributed by atoms with Crippen molar-refractivity contribution in [3.63, 3.8) is 0 Å². The SMILES string of the molecule is Cc1cc(C)c(C)c(S(=O)(=O)O)c1C.[Na+]. The van der Waals surface area contributed by atoms with Crippen molar-refractivity contribution >= 4 is 10.1 Å². The number of aryl methyl sites for hydroxylation is 2. The Morgan fingerprint density at radius 1 is 1.00 bits per heavy atom. The molecule has 0 saturated heterocycles. The van der Waals surface area contributed by atoms with E-state index in [2.05, 4.69) is 0 Å². The monoisotopic (exact) mass is 237 g/mol. The average Bonchev–Trinajstić information content (AvgIpc) is 1.98. The predicted octanol–water partition coefficient (Wildman–Crippen LogP) is -0.829. The van der Waals surface area contributed by atoms with Crippen LogP contribution >= 0.6 is 0 Å². The van der Waals surface area contributed by atoms with Crippen LogP contribution in [0, 0.1) is 27.7 Å². The van der Waals surface area contributed by atoms with Crippen molar-refractivity contribution < 1.29 is 42.5 Å². The van der Waals surface area contributed by atoms with Crippen molar-refractivity contribution in [2.75, 3.05) is 0 Å². The van der Waals surface area contributed by atoms with Gasteiger partial charge in [0.25, 0.3) is 10.1 Å². The number of hydrogen-bond acceptors (Lipinski definition) is 2. The minimum atomic E-state index is -4.11. The van der Waals surface area contributed by atoms with Crippen molar-refractivity contribution in [3.8, 4) is 0 Å². The number of rotatable bonds is 1. The topological polar surface area (TPSA) is 54.4 Å². The molecule has 15 heavy (non-hydrogen) atoms. The zero-order chi connectivity index (χ0) is 11.1. The summed E-state index contributed by atoms with van der Waals surface area (Å²) in [6, 6.07) is 1.92. The van der Waals surface area contributed by atoms with Gasteiger partial charge in [0.05, 0.1) is 0 Å². The first-order valence-corrected chi connectivity index (χ1v) is 5.74. The molecule has 0 aromatic heterocycles. The summed E-state index contributed by atoms with van der Waals surface area (Å²) in [6.45, 7) is 7.06. The first kappa shape index (κ1) is 15.1. The van der Waals surface area contributed by atoms with Crippen LogP contribution in [0.1, 0.15) is 22.3 Å². The van der Waals surface area contributed by atoms with Gasteiger partial charge in [-0.15, -0.1) is 0 Å². The van der Waals surface area contributed by atoms with Crippen LogP contribution in [0.15, 0.2) is 11.0 Å². The Kier molecular flexibility index (Phi) is 5.02. The van der Waals surface area contributed by atoms with Crippen LogP contribution in [0.4, 0.5) is 0 Å². The zero-order valence-electron chi connectivity index (χ0n) is 9.75. The van der Waals surface area contributed by atoms with Crippen LogP contribution in [0.25, 0.3) is 0 Å². The Morgan fingerprint density at radius 2 is 1.33 bits per heavy atom. The molecule has 3 nitrogen and oxygen atoms in total. The Bertz CT molecular complexity index is 452. The Morgan fingerprint density at radius 3 is 1.60 bits per heavy atom. The molecule has 5 heteroatoms. The average molecular weight is 237 g/mol. The van der Waals surface area contributed by atoms with Crippen LogP contribution in [0.2, 0.25) is 0 Å². The van der Waals surface area contributed by atoms with Crippen molar-refractivity contribution in [3.05, 3.63) is 28.3 Å². The molecule has 0 spiro atoms. The fourth-order valence-electron chi connectivity index (χ4n) is 1.57. The largest absolute Gasteiger partial charge is 1.00 e. The maximum atomic E-state index is 11.1. The van der Waals surface area contributed by atoms with Gasteiger partial charge < -0.3 is 0 Å². The Balaban J connectivity index is 0.00000196. The standard InChI is InChI=1S/C10H14O3S.Na/c1-6-5-7(2)9(4)10(8(6)3)14(11,12)13;/h5H,1-4H3,(H,11,12,13);/q;+1. The summed E-state index contributed by atoms with van der Waals surface area (Å²) in [5.74, 6) is 0. The van der Waals surface area contributed by atoms with E-state index >= 15 is 0 Å². The minimum Gasteiger partial charge on any atom is -0.282 e. The molecule has 1 aromatic carbocycles. The van der Waals surface area contributed by atoms with E-state index in [1.54, 1.807) is 13.8 Å². The third-order valence-electron chi connectivity index (χ3n) is 2.56. The van der Waals surface area contributed by atoms with Gasteiger partial charge in [0.15, 0.2) is 0 Å². The Hall–Kier alpha value is 0.130. The quantitative estimate of drug-likeness (QED) is 0.512. The van der Waals surface area contributed by atoms with E-state index in [0.717, 1.165) is 11.1 Å². The van der Waals surface area contributed by atoms with Gasteiger partial charge in [-0.05, 0) is 49.9 Å². The normalized spacial score (nSPS) is 11.0. The van der Waals surface area contributed by atoms with Crippen LogP contribution in [0.5, 0.6) is 0 Å². The Labute approximate surface area is 113 Å². The molecule has 0 bridgehead atoms. The van der Waals surface area contributed by atoms with Crippen molar-refractivity contribution in [2.45, 2.75) is 32.6 Å². The summed E-state index contributed by atoms with van der Waals surface area (Å²) in [4.78, 5) is 0.0509. The van der Waals surface area contributed by atoms with E-state index < -0.39 is 10.1 Å². The zero-order valence-corrected chi connectivity index (χ0v) is 12.6. The molecule has 1 rings (SSSR count). The third kappa shape index (κ3) is 3.04. The van der Waals surface area contributed by atoms with E-state index in [-0.39, 0.29) is 34.5 Å². The fourth-order valence-corrected chi connectivity index (χ4v) is 2.66. The molecule has 0 unspecified atom stereocenters. The molecule has 0 aliphatic carbocycles. The van der Waals surface area contributed by atoms with Gasteiger partial charge in [-0.1, -0.05) is 6.07 Å². The summed E-state index contributed by atoms with van der Waals surface area (Å²) in [7, 11) is -4.11. The second kappa shape index (κ2) is 4.97. The molecule has 0 fully saturated rings. The van der Waals surface area contributed by atoms with Gasteiger partial charge in [-0.25, -0.2) is 0 Å². The third-order valence-corrected chi connectivity index (χ3v) is 3.68. The minimum absolute atomic E-state index is 0. The summed E-state index contributed by atoms with van der Waals surface area (Å²) < 4.78 is 31.3. The fraction of sp³-hybridized carbons (Fsp3) is 0.400. The molecule has 0 heterocycles. The van der Waals surface area contributed by atoms with E-state index in [1.807, 2.05) is 19.9 Å². The molecule has 0 aliphatic heterocycles. The van der Waals surface area contributed by atoms with Gasteiger partial charge in [0, 0.05) is 0 Å². The second-order valence-electron chi connectivity index (χ2n) is 3.56. The first-order chi connectivity index (χ1) is 6.25. The molecule has 0 atom stereocenters. The maximum absolute atomic E-state index is 11.1. The smallest absolute Gasteiger partial charge is 0.282 e. The van der Waals surface area contributed by atoms with Gasteiger partial charge in [0.1, 0.15) is 4.90 Å². The molecule has 0 aliphatic rings. The summed E-state index contributed by atoms with van der Waals surface area (Å²) in [6.07, 6.45) is 0. The van der Waals surface area contributed by atoms with Crippen molar-refractivity contribution in [1.29, 1.82) is 0 Å². The van der Waals surface area contributed by atoms with Crippen LogP contribution in [-0.4, -0.2) is 13.0 Å². The summed E-state index contributed by atoms with van der Waals surface area (Å²) in [5.41, 5.74) is 2.99. The molecular weight excluding hydrogens is 223 g/mol. The van der Waals surface area contributed by atoms with Crippen molar-refractivity contribution in [1.82, 2.24) is 0 Å². The molecule has 0 radical (unpaired) electrons. The van der Waals surface area contributed by atoms with E-state index in [1.165, 1.54) is 0 Å². The molecule has 1 aromatic rings. The second-order valence-corrected chi connectivity index (χ2v) is 4.92. The molecule has 0 saturated carbocycles. The van der Waals surface area contributed by atoms with Crippen molar-refractivity contribution in [2.24, 2.45) is 0 Å². The van der Waals surface area contributed by atoms with Gasteiger partial charge in [-0.2, -0.15) is 8.42 Å². The van der Waals surface area contributed by atoms with Crippen LogP contribution in [-0.2, 0) is 10.1 Å². The summed E-state index contributed by atoms with van der Waals surface area (Å²) in [5, 5.41) is 0. The summed E-state index contributed by atoms with van der Waals surface area (Å²) >= 11 is 0. The molecule has 0 amide bonds. The first-order valence-electron chi connectivity index (χ1n) is 4.30. The van der Waals surface area contributed by atoms with E-state index in [4.69, 9.17) is 4.55 Å². The number of hydrogen-bond donors (Lipinski definition) is 1. The molecular formula is C10H14NaO3S+. The molecule has 78 valence electrons. The van der Waals surface area contributed by atoms with E-state index in [9.17, 15) is 8.42 Å². The van der Waals surface area contributed by atoms with Gasteiger partial charge in [0.2, 0.25) is 0 Å². The van der Waals surface area contributed by atoms with Crippen LogP contribution < -0.4 is 29.6 Å². The molecule has 1 N–H and O–H groups in total. The van der Waals surface area contributed by atoms with Gasteiger partial charge >= 0.3 is 29.6 Å². The van der Waals surface area contributed by atoms with E-state index in [0.29, 0.717) is 11.1 Å². The maximum Gasteiger partial charge on any atom is 1.00 e. The van der Waals surface area contributed by atoms with Gasteiger partial charge in [-0.3, -0.25) is 4.55 Å². The van der Waals surface area contributed by atoms with Crippen LogP contribution in [0.3, 0.4) is 0 Å². The number of benzene rings is 1. The predicted molar refractivity (Wildman–Crippen MR) is 55.2 cm³/mol.